The average Bonchev–Trinajstić information content (AvgIpc) is 3.30. The normalized spacial score (nSPS) is 11.4. The van der Waals surface area contributed by atoms with E-state index in [4.69, 9.17) is 4.98 Å². The zero-order valence-electron chi connectivity index (χ0n) is 19.4. The monoisotopic (exact) mass is 448 g/mol. The van der Waals surface area contributed by atoms with Crippen molar-refractivity contribution in [3.63, 3.8) is 0 Å². The number of nitrogens with zero attached hydrogens (tertiary/aromatic N) is 6. The van der Waals surface area contributed by atoms with Crippen LogP contribution in [0.1, 0.15) is 28.3 Å². The van der Waals surface area contributed by atoms with Gasteiger partial charge < -0.3 is 4.57 Å². The van der Waals surface area contributed by atoms with Gasteiger partial charge in [-0.05, 0) is 43.2 Å². The lowest BCUT2D eigenvalue weighted by Crippen LogP contribution is -2.27. The number of fused-ring (bicyclic) bond motifs is 1. The van der Waals surface area contributed by atoms with Gasteiger partial charge in [0, 0.05) is 24.7 Å². The summed E-state index contributed by atoms with van der Waals surface area (Å²) in [6.07, 6.45) is 4.57. The lowest BCUT2D eigenvalue weighted by atomic mass is 10.1. The van der Waals surface area contributed by atoms with Crippen molar-refractivity contribution in [2.45, 2.75) is 33.0 Å². The van der Waals surface area contributed by atoms with Crippen LogP contribution in [-0.4, -0.2) is 36.2 Å². The molecule has 0 spiro atoms. The molecule has 6 heteroatoms. The van der Waals surface area contributed by atoms with Crippen molar-refractivity contribution >= 4 is 10.9 Å². The lowest BCUT2D eigenvalue weighted by molar-refractivity contribution is 0.247. The number of aryl methyl sites for hydroxylation is 1. The van der Waals surface area contributed by atoms with Crippen LogP contribution in [0.25, 0.3) is 10.9 Å². The summed E-state index contributed by atoms with van der Waals surface area (Å²) in [5.41, 5.74) is 5.68. The number of aromatic nitrogens is 5. The maximum atomic E-state index is 4.91. The molecule has 3 aromatic heterocycles. The third kappa shape index (κ3) is 5.53. The zero-order chi connectivity index (χ0) is 23.2. The van der Waals surface area contributed by atoms with E-state index < -0.39 is 0 Å². The Morgan fingerprint density at radius 2 is 1.68 bits per heavy atom. The van der Waals surface area contributed by atoms with Crippen LogP contribution >= 0.6 is 0 Å². The van der Waals surface area contributed by atoms with Crippen LogP contribution in [0.2, 0.25) is 0 Å². The summed E-state index contributed by atoms with van der Waals surface area (Å²) >= 11 is 0. The molecule has 0 bridgehead atoms. The first-order valence-corrected chi connectivity index (χ1v) is 11.6. The minimum Gasteiger partial charge on any atom is -0.310 e. The summed E-state index contributed by atoms with van der Waals surface area (Å²) in [5.74, 6) is 0.926. The number of benzene rings is 2. The van der Waals surface area contributed by atoms with E-state index >= 15 is 0 Å². The van der Waals surface area contributed by atoms with E-state index in [1.54, 1.807) is 6.33 Å². The Morgan fingerprint density at radius 3 is 2.53 bits per heavy atom. The van der Waals surface area contributed by atoms with Crippen molar-refractivity contribution in [1.82, 2.24) is 29.6 Å². The van der Waals surface area contributed by atoms with Crippen molar-refractivity contribution in [1.29, 1.82) is 0 Å². The van der Waals surface area contributed by atoms with Gasteiger partial charge in [-0.25, -0.2) is 0 Å². The van der Waals surface area contributed by atoms with Crippen LogP contribution in [-0.2, 0) is 26.1 Å². The number of para-hydroxylation sites is 1. The molecule has 0 aliphatic heterocycles. The molecular weight excluding hydrogens is 420 g/mol. The molecule has 0 N–H and O–H groups in total. The van der Waals surface area contributed by atoms with Crippen molar-refractivity contribution in [2.24, 2.45) is 0 Å². The van der Waals surface area contributed by atoms with Gasteiger partial charge in [0.1, 0.15) is 12.2 Å². The van der Waals surface area contributed by atoms with Crippen LogP contribution in [0.15, 0.2) is 91.4 Å². The molecule has 2 aromatic carbocycles. The van der Waals surface area contributed by atoms with E-state index in [0.29, 0.717) is 13.1 Å². The molecule has 0 atom stereocenters. The molecule has 0 aliphatic carbocycles. The smallest absolute Gasteiger partial charge is 0.147 e. The Balaban J connectivity index is 1.36. The van der Waals surface area contributed by atoms with E-state index in [2.05, 4.69) is 80.1 Å². The van der Waals surface area contributed by atoms with Gasteiger partial charge in [0.05, 0.1) is 30.0 Å². The van der Waals surface area contributed by atoms with E-state index in [1.165, 1.54) is 11.1 Å². The molecular formula is C28H28N6. The zero-order valence-corrected chi connectivity index (χ0v) is 19.4. The van der Waals surface area contributed by atoms with Crippen LogP contribution in [0.5, 0.6) is 0 Å². The van der Waals surface area contributed by atoms with Crippen LogP contribution in [0.3, 0.4) is 0 Å². The summed E-state index contributed by atoms with van der Waals surface area (Å²) in [4.78, 5) is 11.8. The molecule has 170 valence electrons. The number of rotatable bonds is 9. The molecule has 3 heterocycles. The summed E-state index contributed by atoms with van der Waals surface area (Å²) in [7, 11) is 0. The molecule has 0 aliphatic rings. The fourth-order valence-electron chi connectivity index (χ4n) is 4.08. The fourth-order valence-corrected chi connectivity index (χ4v) is 4.08. The van der Waals surface area contributed by atoms with Crippen LogP contribution in [0, 0.1) is 6.92 Å². The Labute approximate surface area is 200 Å². The van der Waals surface area contributed by atoms with Gasteiger partial charge in [0.15, 0.2) is 0 Å². The second-order valence-electron chi connectivity index (χ2n) is 8.64. The number of hydrogen-bond donors (Lipinski definition) is 0. The molecule has 0 saturated heterocycles. The van der Waals surface area contributed by atoms with E-state index in [9.17, 15) is 0 Å². The van der Waals surface area contributed by atoms with Crippen molar-refractivity contribution in [3.8, 4) is 0 Å². The highest BCUT2D eigenvalue weighted by molar-refractivity contribution is 5.78. The third-order valence-electron chi connectivity index (χ3n) is 6.00. The molecule has 0 fully saturated rings. The van der Waals surface area contributed by atoms with E-state index in [0.717, 1.165) is 47.6 Å². The molecule has 0 saturated carbocycles. The number of hydrogen-bond acceptors (Lipinski definition) is 5. The van der Waals surface area contributed by atoms with Gasteiger partial charge in [-0.1, -0.05) is 60.2 Å². The van der Waals surface area contributed by atoms with Crippen molar-refractivity contribution in [2.75, 3.05) is 6.54 Å². The molecule has 6 nitrogen and oxygen atoms in total. The van der Waals surface area contributed by atoms with Gasteiger partial charge in [-0.3, -0.25) is 14.9 Å². The maximum absolute atomic E-state index is 4.91. The van der Waals surface area contributed by atoms with Crippen LogP contribution in [0.4, 0.5) is 0 Å². The summed E-state index contributed by atoms with van der Waals surface area (Å²) in [6, 6.07) is 27.3. The van der Waals surface area contributed by atoms with Gasteiger partial charge in [-0.15, -0.1) is 10.2 Å². The summed E-state index contributed by atoms with van der Waals surface area (Å²) in [5, 5.41) is 9.78. The Bertz CT molecular complexity index is 1340. The summed E-state index contributed by atoms with van der Waals surface area (Å²) in [6.45, 7) is 5.10. The highest BCUT2D eigenvalue weighted by Crippen LogP contribution is 2.15. The second kappa shape index (κ2) is 10.4. The topological polar surface area (TPSA) is 59.7 Å². The standard InChI is InChI=1S/C28H28N6/c1-22-9-11-23(12-10-22)15-17-33(18-26-14-13-24-6-2-3-8-27(24)31-26)20-28-32-30-21-34(28)19-25-7-4-5-16-29-25/h2-14,16,21H,15,17-20H2,1H3. The maximum Gasteiger partial charge on any atom is 0.147 e. The minimum atomic E-state index is 0.656. The second-order valence-corrected chi connectivity index (χ2v) is 8.64. The predicted octanol–water partition coefficient (Wildman–Crippen LogP) is 4.82. The SMILES string of the molecule is Cc1ccc(CCN(Cc2ccc3ccccc3n2)Cc2nncn2Cc2ccccn2)cc1. The molecule has 0 radical (unpaired) electrons. The van der Waals surface area contributed by atoms with Crippen molar-refractivity contribution < 1.29 is 0 Å². The lowest BCUT2D eigenvalue weighted by Gasteiger charge is -2.22. The highest BCUT2D eigenvalue weighted by atomic mass is 15.3. The van der Waals surface area contributed by atoms with Crippen LogP contribution < -0.4 is 0 Å². The quantitative estimate of drug-likeness (QED) is 0.323. The first kappa shape index (κ1) is 21.9. The highest BCUT2D eigenvalue weighted by Gasteiger charge is 2.14. The van der Waals surface area contributed by atoms with E-state index in [1.807, 2.05) is 36.5 Å². The Morgan fingerprint density at radius 1 is 0.824 bits per heavy atom. The largest absolute Gasteiger partial charge is 0.310 e. The first-order valence-electron chi connectivity index (χ1n) is 11.6. The summed E-state index contributed by atoms with van der Waals surface area (Å²) < 4.78 is 2.08. The van der Waals surface area contributed by atoms with Gasteiger partial charge in [0.25, 0.3) is 0 Å². The molecule has 0 amide bonds. The first-order chi connectivity index (χ1) is 16.7. The predicted molar refractivity (Wildman–Crippen MR) is 134 cm³/mol. The Kier molecular flexibility index (Phi) is 6.68. The van der Waals surface area contributed by atoms with E-state index in [-0.39, 0.29) is 0 Å². The molecule has 5 rings (SSSR count). The minimum absolute atomic E-state index is 0.656. The Hall–Kier alpha value is -3.90. The fraction of sp³-hybridized carbons (Fsp3) is 0.214. The molecule has 0 unspecified atom stereocenters. The average molecular weight is 449 g/mol. The van der Waals surface area contributed by atoms with Gasteiger partial charge in [0.2, 0.25) is 0 Å². The molecule has 5 aromatic rings. The van der Waals surface area contributed by atoms with Crippen molar-refractivity contribution in [3.05, 3.63) is 120 Å². The number of pyridine rings is 2. The van der Waals surface area contributed by atoms with Gasteiger partial charge >= 0.3 is 0 Å². The van der Waals surface area contributed by atoms with Gasteiger partial charge in [-0.2, -0.15) is 0 Å². The third-order valence-corrected chi connectivity index (χ3v) is 6.00. The molecule has 34 heavy (non-hydrogen) atoms.